The summed E-state index contributed by atoms with van der Waals surface area (Å²) in [4.78, 5) is 9.38. The van der Waals surface area contributed by atoms with E-state index in [2.05, 4.69) is 39.9 Å². The van der Waals surface area contributed by atoms with Crippen LogP contribution >= 0.6 is 0 Å². The van der Waals surface area contributed by atoms with Gasteiger partial charge in [-0.05, 0) is 30.3 Å². The normalized spacial score (nSPS) is 11.6. The first-order valence-electron chi connectivity index (χ1n) is 11.2. The van der Waals surface area contributed by atoms with Crippen LogP contribution in [0, 0.1) is 0 Å². The largest absolute Gasteiger partial charge is 0.569 e. The number of aromatic nitrogens is 3. The van der Waals surface area contributed by atoms with Crippen molar-refractivity contribution in [3.05, 3.63) is 97.3 Å². The number of benzene rings is 4. The van der Waals surface area contributed by atoms with Crippen LogP contribution < -0.4 is 4.65 Å². The highest BCUT2D eigenvalue weighted by atomic mass is 16.5. The van der Waals surface area contributed by atoms with Gasteiger partial charge in [-0.2, -0.15) is 0 Å². The van der Waals surface area contributed by atoms with Crippen LogP contribution in [-0.2, 0) is 0 Å². The van der Waals surface area contributed by atoms with Crippen molar-refractivity contribution in [1.29, 1.82) is 0 Å². The predicted molar refractivity (Wildman–Crippen MR) is 138 cm³/mol. The van der Waals surface area contributed by atoms with Crippen LogP contribution in [0.25, 0.3) is 60.8 Å². The second-order valence-electron chi connectivity index (χ2n) is 8.28. The van der Waals surface area contributed by atoms with Crippen LogP contribution in [-0.4, -0.2) is 27.2 Å². The van der Waals surface area contributed by atoms with Crippen molar-refractivity contribution < 1.29 is 14.1 Å². The summed E-state index contributed by atoms with van der Waals surface area (Å²) in [5.41, 5.74) is 7.09. The molecule has 7 heteroatoms. The minimum atomic E-state index is 0.458. The molecule has 0 atom stereocenters. The van der Waals surface area contributed by atoms with Gasteiger partial charge < -0.3 is 18.7 Å². The third-order valence-electron chi connectivity index (χ3n) is 6.38. The van der Waals surface area contributed by atoms with Gasteiger partial charge in [0.1, 0.15) is 23.2 Å². The minimum absolute atomic E-state index is 0.458. The van der Waals surface area contributed by atoms with E-state index >= 15 is 0 Å². The van der Waals surface area contributed by atoms with Crippen molar-refractivity contribution in [2.24, 2.45) is 0 Å². The highest BCUT2D eigenvalue weighted by Gasteiger charge is 2.19. The van der Waals surface area contributed by atoms with Crippen molar-refractivity contribution in [2.45, 2.75) is 0 Å². The predicted octanol–water partition coefficient (Wildman–Crippen LogP) is 6.05. The van der Waals surface area contributed by atoms with E-state index in [1.165, 1.54) is 0 Å². The summed E-state index contributed by atoms with van der Waals surface area (Å²) in [6, 6.07) is 30.2. The van der Waals surface area contributed by atoms with E-state index in [0.29, 0.717) is 19.0 Å². The molecule has 0 unspecified atom stereocenters. The average molecular weight is 454 g/mol. The number of hydrogen-bond acceptors (Lipinski definition) is 5. The maximum absolute atomic E-state index is 9.14. The highest BCUT2D eigenvalue weighted by molar-refractivity contribution is 6.18. The monoisotopic (exact) mass is 454 g/mol. The summed E-state index contributed by atoms with van der Waals surface area (Å²) in [5, 5.41) is 12.1. The van der Waals surface area contributed by atoms with Gasteiger partial charge in [0.05, 0.1) is 16.7 Å². The topological polar surface area (TPSA) is 73.3 Å². The maximum atomic E-state index is 9.14. The van der Waals surface area contributed by atoms with E-state index in [0.717, 1.165) is 55.2 Å². The van der Waals surface area contributed by atoms with Gasteiger partial charge in [-0.1, -0.05) is 60.7 Å². The van der Waals surface area contributed by atoms with Gasteiger partial charge in [-0.3, -0.25) is 0 Å². The molecule has 7 aromatic rings. The average Bonchev–Trinajstić information content (AvgIpc) is 3.45. The standard InChI is InChI=1S/C28H17BN3O3/c33-29-35-24-12-6-10-19-21-15-18(13-14-23(21)34-28(19)24)32-22-11-5-4-9-20(22)26-27(32)25(30-16-31-26)17-7-2-1-3-8-17/h1-16,33H. The molecule has 6 nitrogen and oxygen atoms in total. The molecule has 35 heavy (non-hydrogen) atoms. The van der Waals surface area contributed by atoms with Crippen LogP contribution in [0.3, 0.4) is 0 Å². The number of rotatable bonds is 4. The molecular formula is C28H17BN3O3. The van der Waals surface area contributed by atoms with Crippen molar-refractivity contribution in [2.75, 3.05) is 0 Å². The molecule has 165 valence electrons. The molecule has 4 aromatic carbocycles. The third kappa shape index (κ3) is 2.95. The van der Waals surface area contributed by atoms with E-state index in [-0.39, 0.29) is 0 Å². The molecular weight excluding hydrogens is 437 g/mol. The number of hydrogen-bond donors (Lipinski definition) is 1. The van der Waals surface area contributed by atoms with Crippen molar-refractivity contribution in [1.82, 2.24) is 14.5 Å². The fourth-order valence-electron chi connectivity index (χ4n) is 4.90. The summed E-state index contributed by atoms with van der Waals surface area (Å²) < 4.78 is 13.5. The Bertz CT molecular complexity index is 1880. The van der Waals surface area contributed by atoms with E-state index in [9.17, 15) is 0 Å². The Hall–Kier alpha value is -4.62. The van der Waals surface area contributed by atoms with Crippen LogP contribution in [0.15, 0.2) is 102 Å². The van der Waals surface area contributed by atoms with Crippen LogP contribution in [0.4, 0.5) is 0 Å². The number of para-hydroxylation sites is 2. The van der Waals surface area contributed by atoms with Crippen molar-refractivity contribution in [3.63, 3.8) is 0 Å². The molecule has 0 bridgehead atoms. The number of fused-ring (bicyclic) bond motifs is 6. The highest BCUT2D eigenvalue weighted by Crippen LogP contribution is 2.39. The SMILES string of the molecule is O[B]Oc1cccc2c1oc1ccc(-n3c4ccccc4c4ncnc(-c5ccccc5)c43)cc12. The summed E-state index contributed by atoms with van der Waals surface area (Å²) >= 11 is 0. The van der Waals surface area contributed by atoms with Crippen LogP contribution in [0.2, 0.25) is 0 Å². The quantitative estimate of drug-likeness (QED) is 0.328. The zero-order valence-electron chi connectivity index (χ0n) is 18.4. The van der Waals surface area contributed by atoms with Crippen LogP contribution in [0.5, 0.6) is 5.75 Å². The fourth-order valence-corrected chi connectivity index (χ4v) is 4.90. The molecule has 0 aliphatic heterocycles. The molecule has 1 N–H and O–H groups in total. The van der Waals surface area contributed by atoms with Gasteiger partial charge in [0, 0.05) is 27.4 Å². The summed E-state index contributed by atoms with van der Waals surface area (Å²) in [6.07, 6.45) is 1.63. The Labute approximate surface area is 200 Å². The number of furan rings is 1. The molecule has 0 aliphatic rings. The Kier molecular flexibility index (Phi) is 4.37. The van der Waals surface area contributed by atoms with Gasteiger partial charge in [0.2, 0.25) is 0 Å². The lowest BCUT2D eigenvalue weighted by molar-refractivity contribution is 0.451. The Morgan fingerprint density at radius 2 is 1.63 bits per heavy atom. The lowest BCUT2D eigenvalue weighted by Crippen LogP contribution is -1.99. The lowest BCUT2D eigenvalue weighted by Gasteiger charge is -2.10. The molecule has 0 fully saturated rings. The molecule has 0 saturated heterocycles. The zero-order chi connectivity index (χ0) is 23.4. The molecule has 3 aromatic heterocycles. The van der Waals surface area contributed by atoms with Gasteiger partial charge in [-0.25, -0.2) is 9.97 Å². The van der Waals surface area contributed by atoms with E-state index < -0.39 is 0 Å². The molecule has 0 spiro atoms. The summed E-state index contributed by atoms with van der Waals surface area (Å²) in [6.45, 7) is 0. The zero-order valence-corrected chi connectivity index (χ0v) is 18.4. The van der Waals surface area contributed by atoms with E-state index in [1.807, 2.05) is 54.6 Å². The van der Waals surface area contributed by atoms with Crippen molar-refractivity contribution >= 4 is 51.6 Å². The molecule has 0 saturated carbocycles. The number of nitrogens with zero attached hydrogens (tertiary/aromatic N) is 3. The smallest absolute Gasteiger partial charge is 0.535 e. The molecule has 7 rings (SSSR count). The summed E-state index contributed by atoms with van der Waals surface area (Å²) in [5.74, 6) is 0.458. The van der Waals surface area contributed by atoms with Crippen molar-refractivity contribution in [3.8, 4) is 22.7 Å². The second-order valence-corrected chi connectivity index (χ2v) is 8.28. The van der Waals surface area contributed by atoms with Gasteiger partial charge >= 0.3 is 7.69 Å². The minimum Gasteiger partial charge on any atom is -0.535 e. The van der Waals surface area contributed by atoms with E-state index in [1.54, 1.807) is 12.4 Å². The molecule has 1 radical (unpaired) electrons. The Morgan fingerprint density at radius 3 is 2.51 bits per heavy atom. The Balaban J connectivity index is 1.57. The van der Waals surface area contributed by atoms with Gasteiger partial charge in [0.15, 0.2) is 5.58 Å². The summed E-state index contributed by atoms with van der Waals surface area (Å²) in [7, 11) is 0.663. The lowest BCUT2D eigenvalue weighted by atomic mass is 10.1. The fraction of sp³-hybridized carbons (Fsp3) is 0. The second kappa shape index (κ2) is 7.72. The first-order chi connectivity index (χ1) is 17.3. The molecule has 3 heterocycles. The third-order valence-corrected chi connectivity index (χ3v) is 6.38. The van der Waals surface area contributed by atoms with Gasteiger partial charge in [-0.15, -0.1) is 0 Å². The Morgan fingerprint density at radius 1 is 0.800 bits per heavy atom. The van der Waals surface area contributed by atoms with Gasteiger partial charge in [0.25, 0.3) is 0 Å². The maximum Gasteiger partial charge on any atom is 0.569 e. The van der Waals surface area contributed by atoms with E-state index in [4.69, 9.17) is 19.1 Å². The van der Waals surface area contributed by atoms with Crippen LogP contribution in [0.1, 0.15) is 0 Å². The first-order valence-corrected chi connectivity index (χ1v) is 11.2. The first kappa shape index (κ1) is 19.8. The molecule has 0 aliphatic carbocycles. The molecule has 0 amide bonds.